The summed E-state index contributed by atoms with van der Waals surface area (Å²) in [5, 5.41) is 19.8. The quantitative estimate of drug-likeness (QED) is 0.554. The second-order valence-corrected chi connectivity index (χ2v) is 8.63. The van der Waals surface area contributed by atoms with E-state index in [0.717, 1.165) is 82.3 Å². The highest BCUT2D eigenvalue weighted by molar-refractivity contribution is 5.64. The highest BCUT2D eigenvalue weighted by Gasteiger charge is 2.29. The number of benzene rings is 1. The van der Waals surface area contributed by atoms with E-state index in [1.807, 2.05) is 6.92 Å². The molecule has 9 heteroatoms. The molecular formula is C21H34N6O3. The van der Waals surface area contributed by atoms with E-state index in [0.29, 0.717) is 13.0 Å². The van der Waals surface area contributed by atoms with E-state index in [1.54, 1.807) is 12.1 Å². The number of aryl methyl sites for hydroxylation is 1. The maximum Gasteiger partial charge on any atom is 0.270 e. The van der Waals surface area contributed by atoms with Crippen LogP contribution >= 0.6 is 0 Å². The van der Waals surface area contributed by atoms with E-state index in [4.69, 9.17) is 4.74 Å². The average Bonchev–Trinajstić information content (AvgIpc) is 2.75. The molecular weight excluding hydrogens is 384 g/mol. The summed E-state index contributed by atoms with van der Waals surface area (Å²) in [6.45, 7) is 12.4. The maximum absolute atomic E-state index is 11.5. The third-order valence-corrected chi connectivity index (χ3v) is 6.45. The van der Waals surface area contributed by atoms with Gasteiger partial charge in [0.15, 0.2) is 0 Å². The molecule has 9 nitrogen and oxygen atoms in total. The zero-order chi connectivity index (χ0) is 21.1. The molecule has 0 amide bonds. The Kier molecular flexibility index (Phi) is 6.84. The van der Waals surface area contributed by atoms with Gasteiger partial charge in [-0.15, -0.1) is 0 Å². The fourth-order valence-electron chi connectivity index (χ4n) is 4.84. The summed E-state index contributed by atoms with van der Waals surface area (Å²) < 4.78 is 6.12. The third-order valence-electron chi connectivity index (χ3n) is 6.45. The zero-order valence-electron chi connectivity index (χ0n) is 18.2. The molecule has 166 valence electrons. The fourth-order valence-corrected chi connectivity index (χ4v) is 4.84. The lowest BCUT2D eigenvalue weighted by atomic mass is 9.98. The minimum Gasteiger partial charge on any atom is -0.375 e. The van der Waals surface area contributed by atoms with Crippen molar-refractivity contribution in [3.05, 3.63) is 33.4 Å². The summed E-state index contributed by atoms with van der Waals surface area (Å²) in [6.07, 6.45) is 0.744. The van der Waals surface area contributed by atoms with Gasteiger partial charge in [0, 0.05) is 89.7 Å². The minimum atomic E-state index is -0.279. The van der Waals surface area contributed by atoms with Gasteiger partial charge in [-0.05, 0) is 25.1 Å². The lowest BCUT2D eigenvalue weighted by Crippen LogP contribution is -2.57. The number of nitro benzene ring substituents is 1. The number of piperazine rings is 2. The fraction of sp³-hybridized carbons (Fsp3) is 0.714. The van der Waals surface area contributed by atoms with Crippen LogP contribution in [-0.2, 0) is 11.2 Å². The van der Waals surface area contributed by atoms with Crippen molar-refractivity contribution < 1.29 is 9.66 Å². The lowest BCUT2D eigenvalue weighted by molar-refractivity contribution is -0.385. The molecule has 1 atom stereocenters. The number of nitro groups is 1. The van der Waals surface area contributed by atoms with E-state index in [-0.39, 0.29) is 16.7 Å². The molecule has 1 N–H and O–H groups in total. The number of rotatable bonds is 5. The van der Waals surface area contributed by atoms with Crippen molar-refractivity contribution in [2.45, 2.75) is 19.4 Å². The van der Waals surface area contributed by atoms with Gasteiger partial charge in [0.2, 0.25) is 0 Å². The standard InChI is InChI=1S/C21H34N6O3/c1-17-13-19(27(28)29)14-18(21(17)24-9-7-23(2)8-10-24)15-20-16-26(11-12-30-20)25-5-3-22-4-6-25/h13-14,20,22H,3-12,15-16H2,1-2H3. The monoisotopic (exact) mass is 418 g/mol. The predicted molar refractivity (Wildman–Crippen MR) is 117 cm³/mol. The number of nitrogens with zero attached hydrogens (tertiary/aromatic N) is 5. The number of nitrogens with one attached hydrogen (secondary N) is 1. The van der Waals surface area contributed by atoms with Crippen LogP contribution in [0.25, 0.3) is 0 Å². The van der Waals surface area contributed by atoms with E-state index >= 15 is 0 Å². The summed E-state index contributed by atoms with van der Waals surface area (Å²) in [5.41, 5.74) is 3.36. The summed E-state index contributed by atoms with van der Waals surface area (Å²) >= 11 is 0. The predicted octanol–water partition coefficient (Wildman–Crippen LogP) is 0.719. The zero-order valence-corrected chi connectivity index (χ0v) is 18.2. The number of hydrogen-bond acceptors (Lipinski definition) is 8. The van der Waals surface area contributed by atoms with E-state index in [1.165, 1.54) is 0 Å². The molecule has 3 aliphatic rings. The highest BCUT2D eigenvalue weighted by Crippen LogP contribution is 2.32. The average molecular weight is 419 g/mol. The van der Waals surface area contributed by atoms with Gasteiger partial charge < -0.3 is 19.9 Å². The van der Waals surface area contributed by atoms with Crippen LogP contribution in [0.4, 0.5) is 11.4 Å². The van der Waals surface area contributed by atoms with E-state index in [2.05, 4.69) is 32.2 Å². The van der Waals surface area contributed by atoms with Gasteiger partial charge in [-0.25, -0.2) is 10.0 Å². The van der Waals surface area contributed by atoms with Crippen molar-refractivity contribution in [1.82, 2.24) is 20.2 Å². The van der Waals surface area contributed by atoms with Crippen molar-refractivity contribution in [1.29, 1.82) is 0 Å². The van der Waals surface area contributed by atoms with Gasteiger partial charge in [0.1, 0.15) is 0 Å². The third kappa shape index (κ3) is 4.92. The van der Waals surface area contributed by atoms with Gasteiger partial charge in [-0.3, -0.25) is 10.1 Å². The normalized spacial score (nSPS) is 24.9. The number of non-ortho nitro benzene ring substituents is 1. The summed E-state index contributed by atoms with van der Waals surface area (Å²) in [4.78, 5) is 16.0. The van der Waals surface area contributed by atoms with Crippen molar-refractivity contribution >= 4 is 11.4 Å². The molecule has 3 saturated heterocycles. The minimum absolute atomic E-state index is 0.0428. The van der Waals surface area contributed by atoms with Gasteiger partial charge in [-0.1, -0.05) is 0 Å². The Morgan fingerprint density at radius 3 is 2.53 bits per heavy atom. The molecule has 1 aromatic rings. The van der Waals surface area contributed by atoms with E-state index < -0.39 is 0 Å². The molecule has 30 heavy (non-hydrogen) atoms. The van der Waals surface area contributed by atoms with Crippen LogP contribution in [0, 0.1) is 17.0 Å². The summed E-state index contributed by atoms with van der Waals surface area (Å²) in [6, 6.07) is 3.49. The number of morpholine rings is 1. The molecule has 1 aromatic carbocycles. The van der Waals surface area contributed by atoms with Crippen LogP contribution in [0.15, 0.2) is 12.1 Å². The summed E-state index contributed by atoms with van der Waals surface area (Å²) in [7, 11) is 2.14. The van der Waals surface area contributed by atoms with Gasteiger partial charge >= 0.3 is 0 Å². The molecule has 0 bridgehead atoms. The van der Waals surface area contributed by atoms with Crippen LogP contribution in [-0.4, -0.2) is 105 Å². The number of hydrazine groups is 1. The summed E-state index contributed by atoms with van der Waals surface area (Å²) in [5.74, 6) is 0. The number of likely N-dealkylation sites (N-methyl/N-ethyl adjacent to an activating group) is 1. The molecule has 0 radical (unpaired) electrons. The SMILES string of the molecule is Cc1cc([N+](=O)[O-])cc(CC2CN(N3CCNCC3)CCO2)c1N1CCN(C)CC1. The Morgan fingerprint density at radius 2 is 1.83 bits per heavy atom. The number of hydrogen-bond donors (Lipinski definition) is 1. The van der Waals surface area contributed by atoms with Crippen LogP contribution in [0.3, 0.4) is 0 Å². The first kappa shape index (κ1) is 21.5. The molecule has 0 aliphatic carbocycles. The molecule has 3 aliphatic heterocycles. The van der Waals surface area contributed by atoms with Crippen molar-refractivity contribution in [3.63, 3.8) is 0 Å². The van der Waals surface area contributed by atoms with Crippen LogP contribution < -0.4 is 10.2 Å². The van der Waals surface area contributed by atoms with Gasteiger partial charge in [0.25, 0.3) is 5.69 Å². The van der Waals surface area contributed by atoms with Crippen molar-refractivity contribution in [3.8, 4) is 0 Å². The van der Waals surface area contributed by atoms with Crippen LogP contribution in [0.2, 0.25) is 0 Å². The first-order valence-electron chi connectivity index (χ1n) is 11.0. The maximum atomic E-state index is 11.5. The van der Waals surface area contributed by atoms with Crippen molar-refractivity contribution in [2.75, 3.05) is 84.0 Å². The Labute approximate surface area is 178 Å². The number of ether oxygens (including phenoxy) is 1. The molecule has 0 saturated carbocycles. The smallest absolute Gasteiger partial charge is 0.270 e. The van der Waals surface area contributed by atoms with Gasteiger partial charge in [0.05, 0.1) is 17.6 Å². The van der Waals surface area contributed by atoms with Crippen molar-refractivity contribution in [2.24, 2.45) is 0 Å². The molecule has 0 spiro atoms. The lowest BCUT2D eigenvalue weighted by Gasteiger charge is -2.42. The Bertz CT molecular complexity index is 747. The molecule has 0 aromatic heterocycles. The molecule has 4 rings (SSSR count). The molecule has 3 heterocycles. The van der Waals surface area contributed by atoms with Crippen LogP contribution in [0.5, 0.6) is 0 Å². The first-order chi connectivity index (χ1) is 14.5. The largest absolute Gasteiger partial charge is 0.375 e. The number of anilines is 1. The topological polar surface area (TPSA) is 77.4 Å². The Hall–Kier alpha value is -1.78. The molecule has 3 fully saturated rings. The molecule has 1 unspecified atom stereocenters. The Morgan fingerprint density at radius 1 is 1.10 bits per heavy atom. The van der Waals surface area contributed by atoms with Crippen LogP contribution in [0.1, 0.15) is 11.1 Å². The van der Waals surface area contributed by atoms with Gasteiger partial charge in [-0.2, -0.15) is 0 Å². The van der Waals surface area contributed by atoms with E-state index in [9.17, 15) is 10.1 Å². The second kappa shape index (κ2) is 9.57. The Balaban J connectivity index is 1.54. The first-order valence-corrected chi connectivity index (χ1v) is 11.0. The second-order valence-electron chi connectivity index (χ2n) is 8.63. The highest BCUT2D eigenvalue weighted by atomic mass is 16.6.